The van der Waals surface area contributed by atoms with Gasteiger partial charge in [-0.25, -0.2) is 4.79 Å². The van der Waals surface area contributed by atoms with Crippen molar-refractivity contribution >= 4 is 11.9 Å². The monoisotopic (exact) mass is 347 g/mol. The minimum absolute atomic E-state index is 0.0362. The quantitative estimate of drug-likeness (QED) is 0.905. The van der Waals surface area contributed by atoms with Gasteiger partial charge in [0.25, 0.3) is 5.91 Å². The molecule has 1 aromatic rings. The first-order chi connectivity index (χ1) is 12.0. The molecule has 2 aliphatic heterocycles. The number of ether oxygens (including phenoxy) is 2. The van der Waals surface area contributed by atoms with Gasteiger partial charge in [0.1, 0.15) is 11.4 Å². The number of nitrogens with zero attached hydrogens (tertiary/aromatic N) is 1. The lowest BCUT2D eigenvalue weighted by molar-refractivity contribution is -0.171. The summed E-state index contributed by atoms with van der Waals surface area (Å²) in [6, 6.07) is 8.97. The third-order valence-electron chi connectivity index (χ3n) is 5.23. The Hall–Kier alpha value is -2.08. The van der Waals surface area contributed by atoms with Crippen molar-refractivity contribution in [1.29, 1.82) is 0 Å². The van der Waals surface area contributed by atoms with Crippen LogP contribution < -0.4 is 4.74 Å². The van der Waals surface area contributed by atoms with E-state index in [1.54, 1.807) is 17.0 Å². The van der Waals surface area contributed by atoms with Crippen molar-refractivity contribution in [2.45, 2.75) is 50.2 Å². The van der Waals surface area contributed by atoms with Gasteiger partial charge in [0.05, 0.1) is 0 Å². The Morgan fingerprint density at radius 3 is 2.36 bits per heavy atom. The molecule has 0 spiro atoms. The number of hydrogen-bond donors (Lipinski definition) is 1. The van der Waals surface area contributed by atoms with Crippen molar-refractivity contribution < 1.29 is 24.2 Å². The van der Waals surface area contributed by atoms with Crippen LogP contribution in [0.4, 0.5) is 0 Å². The van der Waals surface area contributed by atoms with E-state index in [0.717, 1.165) is 12.8 Å². The van der Waals surface area contributed by atoms with E-state index in [2.05, 4.69) is 0 Å². The molecule has 0 unspecified atom stereocenters. The van der Waals surface area contributed by atoms with Crippen molar-refractivity contribution in [3.63, 3.8) is 0 Å². The lowest BCUT2D eigenvalue weighted by atomic mass is 9.88. The average Bonchev–Trinajstić information content (AvgIpc) is 2.63. The van der Waals surface area contributed by atoms with Crippen LogP contribution >= 0.6 is 0 Å². The van der Waals surface area contributed by atoms with Gasteiger partial charge in [-0.1, -0.05) is 18.2 Å². The number of carboxylic acids is 1. The summed E-state index contributed by atoms with van der Waals surface area (Å²) in [4.78, 5) is 26.4. The molecule has 6 heteroatoms. The predicted octanol–water partition coefficient (Wildman–Crippen LogP) is 2.47. The normalized spacial score (nSPS) is 26.0. The zero-order valence-corrected chi connectivity index (χ0v) is 14.6. The number of piperidine rings is 1. The molecule has 0 aromatic heterocycles. The first-order valence-electron chi connectivity index (χ1n) is 8.86. The molecule has 2 fully saturated rings. The summed E-state index contributed by atoms with van der Waals surface area (Å²) in [6.45, 7) is 3.16. The van der Waals surface area contributed by atoms with Crippen molar-refractivity contribution in [2.24, 2.45) is 0 Å². The Bertz CT molecular complexity index is 616. The minimum atomic E-state index is -1.29. The molecule has 6 nitrogen and oxygen atoms in total. The summed E-state index contributed by atoms with van der Waals surface area (Å²) in [5.41, 5.74) is -2.06. The molecular formula is C19H25NO5. The summed E-state index contributed by atoms with van der Waals surface area (Å²) in [6.07, 6.45) is 3.20. The van der Waals surface area contributed by atoms with E-state index in [9.17, 15) is 14.7 Å². The molecule has 1 atom stereocenters. The highest BCUT2D eigenvalue weighted by molar-refractivity contribution is 5.86. The van der Waals surface area contributed by atoms with Crippen LogP contribution in [0.2, 0.25) is 0 Å². The van der Waals surface area contributed by atoms with Crippen LogP contribution in [0.3, 0.4) is 0 Å². The number of amides is 1. The molecule has 3 rings (SSSR count). The largest absolute Gasteiger partial charge is 0.478 e. The molecule has 1 aromatic carbocycles. The second-order valence-corrected chi connectivity index (χ2v) is 7.04. The van der Waals surface area contributed by atoms with Crippen LogP contribution in [0.25, 0.3) is 0 Å². The van der Waals surface area contributed by atoms with Gasteiger partial charge < -0.3 is 19.5 Å². The number of benzene rings is 1. The maximum atomic E-state index is 12.8. The molecule has 25 heavy (non-hydrogen) atoms. The third-order valence-corrected chi connectivity index (χ3v) is 5.23. The summed E-state index contributed by atoms with van der Waals surface area (Å²) >= 11 is 0. The SMILES string of the molecule is C[C@]1(C(=O)N2CCC(Oc3ccccc3)(C(=O)O)CC2)CCCCO1. The Balaban J connectivity index is 1.68. The van der Waals surface area contributed by atoms with Crippen LogP contribution in [0.15, 0.2) is 30.3 Å². The van der Waals surface area contributed by atoms with Gasteiger partial charge in [0.15, 0.2) is 0 Å². The van der Waals surface area contributed by atoms with E-state index in [4.69, 9.17) is 9.47 Å². The highest BCUT2D eigenvalue weighted by Gasteiger charge is 2.47. The van der Waals surface area contributed by atoms with Gasteiger partial charge in [-0.3, -0.25) is 4.79 Å². The number of rotatable bonds is 4. The second kappa shape index (κ2) is 7.04. The highest BCUT2D eigenvalue weighted by atomic mass is 16.5. The Labute approximate surface area is 147 Å². The first-order valence-corrected chi connectivity index (χ1v) is 8.86. The number of carbonyl (C=O) groups excluding carboxylic acids is 1. The Morgan fingerprint density at radius 1 is 1.12 bits per heavy atom. The molecule has 2 heterocycles. The van der Waals surface area contributed by atoms with E-state index in [1.165, 1.54) is 0 Å². The maximum absolute atomic E-state index is 12.8. The molecule has 2 aliphatic rings. The van der Waals surface area contributed by atoms with Crippen LogP contribution in [-0.2, 0) is 14.3 Å². The number of carboxylic acid groups (broad SMARTS) is 1. The molecule has 2 saturated heterocycles. The second-order valence-electron chi connectivity index (χ2n) is 7.04. The molecule has 0 saturated carbocycles. The van der Waals surface area contributed by atoms with Gasteiger partial charge in [0.2, 0.25) is 5.60 Å². The average molecular weight is 347 g/mol. The Kier molecular flexibility index (Phi) is 4.99. The van der Waals surface area contributed by atoms with Crippen molar-refractivity contribution in [2.75, 3.05) is 19.7 Å². The number of para-hydroxylation sites is 1. The summed E-state index contributed by atoms with van der Waals surface area (Å²) in [5, 5.41) is 9.72. The lowest BCUT2D eigenvalue weighted by Crippen LogP contribution is -2.58. The van der Waals surface area contributed by atoms with Gasteiger partial charge >= 0.3 is 5.97 Å². The van der Waals surface area contributed by atoms with Crippen molar-refractivity contribution in [1.82, 2.24) is 4.90 Å². The van der Waals surface area contributed by atoms with E-state index < -0.39 is 17.2 Å². The van der Waals surface area contributed by atoms with E-state index in [-0.39, 0.29) is 18.7 Å². The van der Waals surface area contributed by atoms with Crippen molar-refractivity contribution in [3.05, 3.63) is 30.3 Å². The molecule has 136 valence electrons. The van der Waals surface area contributed by atoms with Crippen LogP contribution in [-0.4, -0.2) is 52.8 Å². The highest BCUT2D eigenvalue weighted by Crippen LogP contribution is 2.32. The summed E-state index contributed by atoms with van der Waals surface area (Å²) < 4.78 is 11.6. The van der Waals surface area contributed by atoms with E-state index in [1.807, 2.05) is 25.1 Å². The molecule has 1 amide bonds. The van der Waals surface area contributed by atoms with Gasteiger partial charge in [-0.2, -0.15) is 0 Å². The summed E-state index contributed by atoms with van der Waals surface area (Å²) in [7, 11) is 0. The number of hydrogen-bond acceptors (Lipinski definition) is 4. The van der Waals surface area contributed by atoms with E-state index >= 15 is 0 Å². The fraction of sp³-hybridized carbons (Fsp3) is 0.579. The van der Waals surface area contributed by atoms with Gasteiger partial charge in [0, 0.05) is 32.5 Å². The topological polar surface area (TPSA) is 76.1 Å². The fourth-order valence-corrected chi connectivity index (χ4v) is 3.58. The van der Waals surface area contributed by atoms with Crippen LogP contribution in [0.1, 0.15) is 39.0 Å². The predicted molar refractivity (Wildman–Crippen MR) is 91.5 cm³/mol. The summed E-state index contributed by atoms with van der Waals surface area (Å²) in [5.74, 6) is -0.485. The van der Waals surface area contributed by atoms with Crippen LogP contribution in [0.5, 0.6) is 5.75 Å². The molecule has 0 aliphatic carbocycles. The number of aliphatic carboxylic acids is 1. The standard InChI is InChI=1S/C19H25NO5/c1-18(9-5-6-14-24-18)16(21)20-12-10-19(11-13-20,17(22)23)25-15-7-3-2-4-8-15/h2-4,7-8H,5-6,9-14H2,1H3,(H,22,23)/t18-/m1/s1. The van der Waals surface area contributed by atoms with Crippen LogP contribution in [0, 0.1) is 0 Å². The maximum Gasteiger partial charge on any atom is 0.348 e. The zero-order chi connectivity index (χ0) is 17.9. The number of carbonyl (C=O) groups is 2. The third kappa shape index (κ3) is 3.63. The molecular weight excluding hydrogens is 322 g/mol. The van der Waals surface area contributed by atoms with Gasteiger partial charge in [-0.05, 0) is 38.3 Å². The number of likely N-dealkylation sites (tertiary alicyclic amines) is 1. The molecule has 1 N–H and O–H groups in total. The molecule has 0 bridgehead atoms. The fourth-order valence-electron chi connectivity index (χ4n) is 3.58. The lowest BCUT2D eigenvalue weighted by Gasteiger charge is -2.42. The Morgan fingerprint density at radius 2 is 1.80 bits per heavy atom. The zero-order valence-electron chi connectivity index (χ0n) is 14.6. The first kappa shape index (κ1) is 17.7. The van der Waals surface area contributed by atoms with Gasteiger partial charge in [-0.15, -0.1) is 0 Å². The molecule has 0 radical (unpaired) electrons. The smallest absolute Gasteiger partial charge is 0.348 e. The minimum Gasteiger partial charge on any atom is -0.478 e. The van der Waals surface area contributed by atoms with E-state index in [0.29, 0.717) is 31.9 Å². The van der Waals surface area contributed by atoms with Crippen molar-refractivity contribution in [3.8, 4) is 5.75 Å².